The number of hydrogen-bond donors (Lipinski definition) is 2. The summed E-state index contributed by atoms with van der Waals surface area (Å²) in [4.78, 5) is 20.6. The first-order valence-corrected chi connectivity index (χ1v) is 9.02. The van der Waals surface area contributed by atoms with Gasteiger partial charge in [0.15, 0.2) is 5.78 Å². The largest absolute Gasteiger partial charge is 0.354 e. The second kappa shape index (κ2) is 6.45. The predicted octanol–water partition coefficient (Wildman–Crippen LogP) is 4.04. The van der Waals surface area contributed by atoms with Gasteiger partial charge in [-0.2, -0.15) is 0 Å². The molecule has 3 aromatic rings. The molecule has 0 spiro atoms. The van der Waals surface area contributed by atoms with E-state index in [0.29, 0.717) is 0 Å². The molecule has 4 heteroatoms. The molecule has 0 radical (unpaired) electrons. The summed E-state index contributed by atoms with van der Waals surface area (Å²) in [6.45, 7) is 5.10. The Morgan fingerprint density at radius 2 is 2.16 bits per heavy atom. The monoisotopic (exact) mass is 333 g/mol. The molecule has 1 aromatic carbocycles. The van der Waals surface area contributed by atoms with Gasteiger partial charge in [-0.1, -0.05) is 6.92 Å². The van der Waals surface area contributed by atoms with Gasteiger partial charge in [-0.25, -0.2) is 0 Å². The minimum Gasteiger partial charge on any atom is -0.354 e. The minimum atomic E-state index is -0.0243. The number of carbonyl (C=O) groups excluding carboxylic acids is 1. The van der Waals surface area contributed by atoms with Crippen molar-refractivity contribution in [2.24, 2.45) is 0 Å². The molecular weight excluding hydrogens is 310 g/mol. The zero-order valence-corrected chi connectivity index (χ0v) is 14.7. The van der Waals surface area contributed by atoms with Gasteiger partial charge in [0, 0.05) is 39.6 Å². The molecule has 128 valence electrons. The standard InChI is InChI=1S/C21H23N3O/c1-3-16-17-12-15(21(25)19-5-4-9-23-19)6-7-18(17)24-20(16)14-8-10-22-13(2)11-14/h6-8,10-12,19,23-24H,3-5,9H2,1-2H3. The van der Waals surface area contributed by atoms with Crippen molar-refractivity contribution in [1.29, 1.82) is 0 Å². The number of Topliss-reactive ketones (excluding diaryl/α,β-unsaturated/α-hetero) is 1. The summed E-state index contributed by atoms with van der Waals surface area (Å²) in [6, 6.07) is 10.1. The van der Waals surface area contributed by atoms with Gasteiger partial charge in [0.1, 0.15) is 0 Å². The first-order chi connectivity index (χ1) is 12.2. The highest BCUT2D eigenvalue weighted by atomic mass is 16.1. The lowest BCUT2D eigenvalue weighted by Crippen LogP contribution is -2.30. The molecule has 3 heterocycles. The van der Waals surface area contributed by atoms with Gasteiger partial charge in [-0.05, 0) is 68.6 Å². The van der Waals surface area contributed by atoms with Gasteiger partial charge in [0.05, 0.1) is 6.04 Å². The van der Waals surface area contributed by atoms with E-state index in [1.807, 2.05) is 31.3 Å². The van der Waals surface area contributed by atoms with Crippen molar-refractivity contribution in [1.82, 2.24) is 15.3 Å². The first kappa shape index (κ1) is 16.0. The molecule has 1 atom stereocenters. The molecule has 25 heavy (non-hydrogen) atoms. The highest BCUT2D eigenvalue weighted by Crippen LogP contribution is 2.32. The number of ketones is 1. The Morgan fingerprint density at radius 1 is 1.28 bits per heavy atom. The van der Waals surface area contributed by atoms with Crippen LogP contribution in [0.5, 0.6) is 0 Å². The normalized spacial score (nSPS) is 17.3. The summed E-state index contributed by atoms with van der Waals surface area (Å²) in [5.74, 6) is 0.212. The Morgan fingerprint density at radius 3 is 2.88 bits per heavy atom. The second-order valence-electron chi connectivity index (χ2n) is 6.79. The van der Waals surface area contributed by atoms with Crippen molar-refractivity contribution in [3.63, 3.8) is 0 Å². The van der Waals surface area contributed by atoms with Crippen LogP contribution in [-0.2, 0) is 6.42 Å². The Labute approximate surface area is 147 Å². The van der Waals surface area contributed by atoms with Crippen LogP contribution in [0.2, 0.25) is 0 Å². The van der Waals surface area contributed by atoms with E-state index in [4.69, 9.17) is 0 Å². The van der Waals surface area contributed by atoms with Crippen molar-refractivity contribution in [2.45, 2.75) is 39.2 Å². The molecule has 1 aliphatic heterocycles. The third kappa shape index (κ3) is 2.87. The van der Waals surface area contributed by atoms with E-state index in [-0.39, 0.29) is 11.8 Å². The molecule has 0 aliphatic carbocycles. The lowest BCUT2D eigenvalue weighted by atomic mass is 9.98. The van der Waals surface area contributed by atoms with Gasteiger partial charge in [-0.3, -0.25) is 9.78 Å². The summed E-state index contributed by atoms with van der Waals surface area (Å²) in [5.41, 5.74) is 6.42. The molecule has 2 N–H and O–H groups in total. The Bertz CT molecular complexity index is 935. The fourth-order valence-corrected chi connectivity index (χ4v) is 3.83. The van der Waals surface area contributed by atoms with E-state index < -0.39 is 0 Å². The number of fused-ring (bicyclic) bond motifs is 1. The number of carbonyl (C=O) groups is 1. The van der Waals surface area contributed by atoms with Crippen LogP contribution in [-0.4, -0.2) is 28.3 Å². The number of aromatic amines is 1. The molecule has 1 aliphatic rings. The van der Waals surface area contributed by atoms with Crippen LogP contribution in [0.3, 0.4) is 0 Å². The lowest BCUT2D eigenvalue weighted by Gasteiger charge is -2.09. The summed E-state index contributed by atoms with van der Waals surface area (Å²) in [6.07, 6.45) is 4.77. The van der Waals surface area contributed by atoms with Gasteiger partial charge in [0.2, 0.25) is 0 Å². The summed E-state index contributed by atoms with van der Waals surface area (Å²) < 4.78 is 0. The van der Waals surface area contributed by atoms with Crippen LogP contribution in [0.25, 0.3) is 22.2 Å². The summed E-state index contributed by atoms with van der Waals surface area (Å²) in [5, 5.41) is 4.45. The van der Waals surface area contributed by atoms with E-state index in [2.05, 4.69) is 34.3 Å². The molecular formula is C21H23N3O. The fraction of sp³-hybridized carbons (Fsp3) is 0.333. The van der Waals surface area contributed by atoms with Crippen molar-refractivity contribution in [3.05, 3.63) is 53.3 Å². The van der Waals surface area contributed by atoms with Gasteiger partial charge in [-0.15, -0.1) is 0 Å². The fourth-order valence-electron chi connectivity index (χ4n) is 3.83. The van der Waals surface area contributed by atoms with E-state index in [0.717, 1.165) is 59.2 Å². The quantitative estimate of drug-likeness (QED) is 0.709. The number of benzene rings is 1. The van der Waals surface area contributed by atoms with Crippen molar-refractivity contribution >= 4 is 16.7 Å². The smallest absolute Gasteiger partial charge is 0.179 e. The number of H-pyrrole nitrogens is 1. The number of pyridine rings is 1. The van der Waals surface area contributed by atoms with Crippen LogP contribution in [0.15, 0.2) is 36.5 Å². The van der Waals surface area contributed by atoms with E-state index in [1.54, 1.807) is 0 Å². The predicted molar refractivity (Wildman–Crippen MR) is 101 cm³/mol. The molecule has 4 rings (SSSR count). The second-order valence-corrected chi connectivity index (χ2v) is 6.79. The van der Waals surface area contributed by atoms with Crippen molar-refractivity contribution in [3.8, 4) is 11.3 Å². The molecule has 2 aromatic heterocycles. The summed E-state index contributed by atoms with van der Waals surface area (Å²) in [7, 11) is 0. The number of nitrogens with zero attached hydrogens (tertiary/aromatic N) is 1. The molecule has 0 amide bonds. The van der Waals surface area contributed by atoms with Crippen LogP contribution in [0.4, 0.5) is 0 Å². The zero-order chi connectivity index (χ0) is 17.4. The van der Waals surface area contributed by atoms with E-state index >= 15 is 0 Å². The number of rotatable bonds is 4. The zero-order valence-electron chi connectivity index (χ0n) is 14.7. The Hall–Kier alpha value is -2.46. The molecule has 1 fully saturated rings. The first-order valence-electron chi connectivity index (χ1n) is 9.02. The third-order valence-electron chi connectivity index (χ3n) is 5.11. The van der Waals surface area contributed by atoms with Gasteiger partial charge >= 0.3 is 0 Å². The minimum absolute atomic E-state index is 0.0243. The maximum absolute atomic E-state index is 12.7. The maximum Gasteiger partial charge on any atom is 0.179 e. The van der Waals surface area contributed by atoms with Crippen molar-refractivity contribution in [2.75, 3.05) is 6.54 Å². The molecule has 0 saturated carbocycles. The topological polar surface area (TPSA) is 57.8 Å². The number of nitrogens with one attached hydrogen (secondary N) is 2. The number of aryl methyl sites for hydroxylation is 2. The Kier molecular flexibility index (Phi) is 4.14. The van der Waals surface area contributed by atoms with Crippen molar-refractivity contribution < 1.29 is 4.79 Å². The number of aromatic nitrogens is 2. The molecule has 0 bridgehead atoms. The van der Waals surface area contributed by atoms with Gasteiger partial charge in [0.25, 0.3) is 0 Å². The number of hydrogen-bond acceptors (Lipinski definition) is 3. The molecule has 1 unspecified atom stereocenters. The maximum atomic E-state index is 12.7. The van der Waals surface area contributed by atoms with Crippen LogP contribution >= 0.6 is 0 Å². The lowest BCUT2D eigenvalue weighted by molar-refractivity contribution is 0.0952. The average Bonchev–Trinajstić information content (AvgIpc) is 3.28. The van der Waals surface area contributed by atoms with Crippen LogP contribution < -0.4 is 5.32 Å². The molecule has 4 nitrogen and oxygen atoms in total. The van der Waals surface area contributed by atoms with Crippen LogP contribution in [0.1, 0.15) is 41.4 Å². The Balaban J connectivity index is 1.81. The SMILES string of the molecule is CCc1c(-c2ccnc(C)c2)[nH]c2ccc(C(=O)C3CCCN3)cc12. The highest BCUT2D eigenvalue weighted by molar-refractivity contribution is 6.04. The molecule has 1 saturated heterocycles. The third-order valence-corrected chi connectivity index (χ3v) is 5.11. The van der Waals surface area contributed by atoms with E-state index in [1.165, 1.54) is 5.56 Å². The van der Waals surface area contributed by atoms with Crippen LogP contribution in [0, 0.1) is 6.92 Å². The van der Waals surface area contributed by atoms with Gasteiger partial charge < -0.3 is 10.3 Å². The van der Waals surface area contributed by atoms with E-state index in [9.17, 15) is 4.79 Å². The highest BCUT2D eigenvalue weighted by Gasteiger charge is 2.24. The average molecular weight is 333 g/mol. The summed E-state index contributed by atoms with van der Waals surface area (Å²) >= 11 is 0.